The lowest BCUT2D eigenvalue weighted by atomic mass is 9.87. The lowest BCUT2D eigenvalue weighted by molar-refractivity contribution is -0.160. The smallest absolute Gasteiger partial charge is 0.329 e. The molecule has 0 aromatic carbocycles. The Kier molecular flexibility index (Phi) is 5.22. The molecule has 20 heavy (non-hydrogen) atoms. The van der Waals surface area contributed by atoms with E-state index in [2.05, 4.69) is 5.32 Å². The zero-order chi connectivity index (χ0) is 15.6. The van der Waals surface area contributed by atoms with E-state index in [1.807, 2.05) is 41.5 Å². The van der Waals surface area contributed by atoms with Crippen LogP contribution in [0.15, 0.2) is 0 Å². The SMILES string of the molecule is CC(C)[C@@H](NC(=O)C1(C)CCCC1)C(=O)OC(C)(C)C. The predicted molar refractivity (Wildman–Crippen MR) is 79.2 cm³/mol. The maximum Gasteiger partial charge on any atom is 0.329 e. The highest BCUT2D eigenvalue weighted by atomic mass is 16.6. The van der Waals surface area contributed by atoms with Crippen LogP contribution in [0.25, 0.3) is 0 Å². The molecule has 116 valence electrons. The molecule has 0 unspecified atom stereocenters. The standard InChI is InChI=1S/C16H29NO3/c1-11(2)12(13(18)20-15(3,4)5)17-14(19)16(6)9-7-8-10-16/h11-12H,7-10H2,1-6H3,(H,17,19)/t12-/m1/s1. The summed E-state index contributed by atoms with van der Waals surface area (Å²) in [5.41, 5.74) is -0.860. The van der Waals surface area contributed by atoms with Crippen molar-refractivity contribution in [3.63, 3.8) is 0 Å². The lowest BCUT2D eigenvalue weighted by Gasteiger charge is -2.30. The highest BCUT2D eigenvalue weighted by Crippen LogP contribution is 2.37. The minimum absolute atomic E-state index is 0.0128. The van der Waals surface area contributed by atoms with Gasteiger partial charge in [0.05, 0.1) is 0 Å². The maximum atomic E-state index is 12.4. The number of nitrogens with one attached hydrogen (secondary N) is 1. The molecule has 0 aliphatic heterocycles. The number of esters is 1. The molecule has 0 radical (unpaired) electrons. The van der Waals surface area contributed by atoms with Gasteiger partial charge < -0.3 is 10.1 Å². The van der Waals surface area contributed by atoms with Crippen LogP contribution in [0.1, 0.15) is 67.2 Å². The number of amides is 1. The van der Waals surface area contributed by atoms with Crippen molar-refractivity contribution in [3.05, 3.63) is 0 Å². The second-order valence-corrected chi connectivity index (χ2v) is 7.50. The Morgan fingerprint density at radius 1 is 1.15 bits per heavy atom. The summed E-state index contributed by atoms with van der Waals surface area (Å²) in [4.78, 5) is 24.7. The number of ether oxygens (including phenoxy) is 1. The molecule has 0 saturated heterocycles. The Balaban J connectivity index is 2.72. The highest BCUT2D eigenvalue weighted by molar-refractivity contribution is 5.88. The number of carbonyl (C=O) groups is 2. The van der Waals surface area contributed by atoms with Crippen molar-refractivity contribution in [1.29, 1.82) is 0 Å². The lowest BCUT2D eigenvalue weighted by Crippen LogP contribution is -2.51. The monoisotopic (exact) mass is 283 g/mol. The quantitative estimate of drug-likeness (QED) is 0.807. The number of hydrogen-bond donors (Lipinski definition) is 1. The van der Waals surface area contributed by atoms with E-state index in [9.17, 15) is 9.59 Å². The molecule has 1 aliphatic rings. The molecule has 1 amide bonds. The number of rotatable bonds is 4. The average molecular weight is 283 g/mol. The van der Waals surface area contributed by atoms with Crippen molar-refractivity contribution >= 4 is 11.9 Å². The van der Waals surface area contributed by atoms with Crippen LogP contribution in [-0.4, -0.2) is 23.5 Å². The third-order valence-electron chi connectivity index (χ3n) is 3.87. The van der Waals surface area contributed by atoms with Gasteiger partial charge in [-0.05, 0) is 39.5 Å². The number of carbonyl (C=O) groups excluding carboxylic acids is 2. The van der Waals surface area contributed by atoms with E-state index in [1.165, 1.54) is 0 Å². The summed E-state index contributed by atoms with van der Waals surface area (Å²) >= 11 is 0. The summed E-state index contributed by atoms with van der Waals surface area (Å²) in [6.07, 6.45) is 3.97. The molecule has 1 aliphatic carbocycles. The van der Waals surface area contributed by atoms with Gasteiger partial charge in [-0.1, -0.05) is 33.6 Å². The van der Waals surface area contributed by atoms with Gasteiger partial charge in [0.1, 0.15) is 11.6 Å². The predicted octanol–water partition coefficient (Wildman–Crippen LogP) is 3.05. The molecule has 4 nitrogen and oxygen atoms in total. The second-order valence-electron chi connectivity index (χ2n) is 7.50. The Morgan fingerprint density at radius 2 is 1.65 bits per heavy atom. The van der Waals surface area contributed by atoms with E-state index >= 15 is 0 Å². The molecular weight excluding hydrogens is 254 g/mol. The van der Waals surface area contributed by atoms with Gasteiger partial charge in [0.25, 0.3) is 0 Å². The summed E-state index contributed by atoms with van der Waals surface area (Å²) in [6.45, 7) is 11.3. The molecule has 1 atom stereocenters. The van der Waals surface area contributed by atoms with E-state index in [4.69, 9.17) is 4.74 Å². The third-order valence-corrected chi connectivity index (χ3v) is 3.87. The van der Waals surface area contributed by atoms with E-state index in [-0.39, 0.29) is 23.2 Å². The zero-order valence-corrected chi connectivity index (χ0v) is 13.7. The van der Waals surface area contributed by atoms with Gasteiger partial charge in [-0.15, -0.1) is 0 Å². The molecule has 4 heteroatoms. The normalized spacial score (nSPS) is 19.8. The Hall–Kier alpha value is -1.06. The van der Waals surface area contributed by atoms with Crippen LogP contribution in [-0.2, 0) is 14.3 Å². The molecular formula is C16H29NO3. The third kappa shape index (κ3) is 4.50. The van der Waals surface area contributed by atoms with Crippen molar-refractivity contribution in [2.24, 2.45) is 11.3 Å². The van der Waals surface area contributed by atoms with Crippen molar-refractivity contribution in [2.45, 2.75) is 78.9 Å². The molecule has 1 N–H and O–H groups in total. The topological polar surface area (TPSA) is 55.4 Å². The van der Waals surface area contributed by atoms with E-state index in [1.54, 1.807) is 0 Å². The van der Waals surface area contributed by atoms with Crippen LogP contribution in [0.2, 0.25) is 0 Å². The molecule has 0 bridgehead atoms. The molecule has 1 fully saturated rings. The first-order valence-electron chi connectivity index (χ1n) is 7.59. The fourth-order valence-corrected chi connectivity index (χ4v) is 2.56. The number of hydrogen-bond acceptors (Lipinski definition) is 3. The van der Waals surface area contributed by atoms with E-state index in [0.29, 0.717) is 0 Å². The van der Waals surface area contributed by atoms with Gasteiger partial charge in [0.15, 0.2) is 0 Å². The zero-order valence-electron chi connectivity index (χ0n) is 13.7. The van der Waals surface area contributed by atoms with Gasteiger partial charge in [-0.2, -0.15) is 0 Å². The largest absolute Gasteiger partial charge is 0.458 e. The first-order chi connectivity index (χ1) is 9.05. The van der Waals surface area contributed by atoms with E-state index < -0.39 is 11.6 Å². The van der Waals surface area contributed by atoms with Gasteiger partial charge in [0.2, 0.25) is 5.91 Å². The molecule has 1 saturated carbocycles. The molecule has 0 aromatic rings. The van der Waals surface area contributed by atoms with Crippen LogP contribution >= 0.6 is 0 Å². The van der Waals surface area contributed by atoms with Crippen LogP contribution in [0.5, 0.6) is 0 Å². The first-order valence-corrected chi connectivity index (χ1v) is 7.59. The Bertz CT molecular complexity index is 362. The highest BCUT2D eigenvalue weighted by Gasteiger charge is 2.39. The molecule has 1 rings (SSSR count). The van der Waals surface area contributed by atoms with Crippen molar-refractivity contribution in [1.82, 2.24) is 5.32 Å². The first kappa shape index (κ1) is 17.0. The Morgan fingerprint density at radius 3 is 2.05 bits per heavy atom. The molecule has 0 spiro atoms. The Labute approximate surface area is 122 Å². The summed E-state index contributed by atoms with van der Waals surface area (Å²) in [7, 11) is 0. The summed E-state index contributed by atoms with van der Waals surface area (Å²) in [6, 6.07) is -0.570. The second kappa shape index (κ2) is 6.15. The fourth-order valence-electron chi connectivity index (χ4n) is 2.56. The van der Waals surface area contributed by atoms with Crippen LogP contribution in [0.4, 0.5) is 0 Å². The van der Waals surface area contributed by atoms with Crippen molar-refractivity contribution < 1.29 is 14.3 Å². The maximum absolute atomic E-state index is 12.4. The van der Waals surface area contributed by atoms with Gasteiger partial charge in [0, 0.05) is 5.41 Å². The van der Waals surface area contributed by atoms with Crippen LogP contribution < -0.4 is 5.32 Å². The van der Waals surface area contributed by atoms with Gasteiger partial charge >= 0.3 is 5.97 Å². The van der Waals surface area contributed by atoms with E-state index in [0.717, 1.165) is 25.7 Å². The van der Waals surface area contributed by atoms with Gasteiger partial charge in [-0.3, -0.25) is 4.79 Å². The summed E-state index contributed by atoms with van der Waals surface area (Å²) in [5.74, 6) is -0.346. The average Bonchev–Trinajstić information content (AvgIpc) is 2.70. The minimum atomic E-state index is -0.570. The molecule has 0 aromatic heterocycles. The van der Waals surface area contributed by atoms with Crippen molar-refractivity contribution in [2.75, 3.05) is 0 Å². The van der Waals surface area contributed by atoms with Crippen LogP contribution in [0, 0.1) is 11.3 Å². The summed E-state index contributed by atoms with van der Waals surface area (Å²) in [5, 5.41) is 2.91. The van der Waals surface area contributed by atoms with Crippen molar-refractivity contribution in [3.8, 4) is 0 Å². The van der Waals surface area contributed by atoms with Crippen LogP contribution in [0.3, 0.4) is 0 Å². The summed E-state index contributed by atoms with van der Waals surface area (Å²) < 4.78 is 5.40. The molecule has 0 heterocycles. The minimum Gasteiger partial charge on any atom is -0.458 e. The van der Waals surface area contributed by atoms with Gasteiger partial charge in [-0.25, -0.2) is 4.79 Å². The fraction of sp³-hybridized carbons (Fsp3) is 0.875.